The number of halogens is 2. The Hall–Kier alpha value is -3.09. The molecule has 0 spiro atoms. The normalized spacial score (nSPS) is 18.3. The zero-order valence-corrected chi connectivity index (χ0v) is 26.1. The first-order valence-corrected chi connectivity index (χ1v) is 17.1. The van der Waals surface area contributed by atoms with E-state index < -0.39 is 24.9 Å². The first-order valence-electron chi connectivity index (χ1n) is 14.3. The molecule has 1 aromatic carbocycles. The molecular weight excluding hydrogens is 636 g/mol. The summed E-state index contributed by atoms with van der Waals surface area (Å²) in [6.07, 6.45) is 8.05. The van der Waals surface area contributed by atoms with Gasteiger partial charge in [0.1, 0.15) is 0 Å². The van der Waals surface area contributed by atoms with E-state index in [4.69, 9.17) is 5.10 Å². The van der Waals surface area contributed by atoms with Gasteiger partial charge in [-0.25, -0.2) is 4.39 Å². The summed E-state index contributed by atoms with van der Waals surface area (Å²) in [6, 6.07) is 4.37. The summed E-state index contributed by atoms with van der Waals surface area (Å²) in [5, 5.41) is 9.60. The molecule has 3 aromatic rings. The van der Waals surface area contributed by atoms with Crippen molar-refractivity contribution < 1.29 is 14.0 Å². The van der Waals surface area contributed by atoms with Gasteiger partial charge in [0.2, 0.25) is 11.8 Å². The minimum atomic E-state index is -1.09. The third-order valence-electron chi connectivity index (χ3n) is 8.78. The third kappa shape index (κ3) is 5.21. The number of piperidine rings is 1. The average molecular weight is 674 g/mol. The van der Waals surface area contributed by atoms with Crippen molar-refractivity contribution >= 4 is 48.6 Å². The molecule has 2 aromatic heterocycles. The Balaban J connectivity index is 1.44. The number of amides is 2. The highest BCUT2D eigenvalue weighted by atomic mass is 127. The minimum absolute atomic E-state index is 0.0613. The Kier molecular flexibility index (Phi) is 7.73. The molecule has 0 bridgehead atoms. The fourth-order valence-corrected chi connectivity index (χ4v) is 7.57. The lowest BCUT2D eigenvalue weighted by Crippen LogP contribution is -2.39. The van der Waals surface area contributed by atoms with Gasteiger partial charge in [0, 0.05) is 87.8 Å². The number of hydrogen-bond acceptors (Lipinski definition) is 5. The molecule has 5 heterocycles. The predicted molar refractivity (Wildman–Crippen MR) is 167 cm³/mol. The van der Waals surface area contributed by atoms with Crippen molar-refractivity contribution in [1.82, 2.24) is 29.4 Å². The number of aromatic nitrogens is 4. The molecule has 1 fully saturated rings. The van der Waals surface area contributed by atoms with Crippen LogP contribution in [-0.4, -0.2) is 71.9 Å². The van der Waals surface area contributed by atoms with Crippen LogP contribution in [0, 0.1) is 0 Å². The molecule has 3 aliphatic rings. The van der Waals surface area contributed by atoms with Crippen LogP contribution in [0.25, 0.3) is 11.1 Å². The van der Waals surface area contributed by atoms with Crippen molar-refractivity contribution in [1.29, 1.82) is 0 Å². The Morgan fingerprint density at radius 1 is 1.07 bits per heavy atom. The minimum Gasteiger partial charge on any atom is -0.343 e. The SMILES string of the molecule is C=IC(F)c1cc2c(cc1-c1cnn(C)c1)CCCN2c1nn(C2CCN(C(C)=O)CC2)c2c1CN(C(C)=O)CC2. The molecule has 41 heavy (non-hydrogen) atoms. The highest BCUT2D eigenvalue weighted by Gasteiger charge is 2.34. The quantitative estimate of drug-likeness (QED) is 0.287. The van der Waals surface area contributed by atoms with E-state index in [0.717, 1.165) is 79.9 Å². The number of hydrogen-bond donors (Lipinski definition) is 0. The topological polar surface area (TPSA) is 79.5 Å². The van der Waals surface area contributed by atoms with Crippen molar-refractivity contribution in [3.05, 3.63) is 46.9 Å². The smallest absolute Gasteiger partial charge is 0.219 e. The van der Waals surface area contributed by atoms with Crippen molar-refractivity contribution in [3.8, 4) is 11.1 Å². The van der Waals surface area contributed by atoms with Crippen molar-refractivity contribution in [2.24, 2.45) is 7.05 Å². The number of nitrogens with zero attached hydrogens (tertiary/aromatic N) is 7. The number of aryl methyl sites for hydroxylation is 2. The van der Waals surface area contributed by atoms with Gasteiger partial charge in [-0.2, -0.15) is 10.2 Å². The molecule has 1 unspecified atom stereocenters. The lowest BCUT2D eigenvalue weighted by molar-refractivity contribution is -0.130. The molecule has 0 saturated carbocycles. The highest BCUT2D eigenvalue weighted by molar-refractivity contribution is 14.2. The first-order chi connectivity index (χ1) is 19.7. The van der Waals surface area contributed by atoms with E-state index >= 15 is 4.39 Å². The lowest BCUT2D eigenvalue weighted by atomic mass is 9.93. The summed E-state index contributed by atoms with van der Waals surface area (Å²) in [4.78, 5) is 30.4. The van der Waals surface area contributed by atoms with Crippen molar-refractivity contribution in [2.45, 2.75) is 62.7 Å². The number of carbonyl (C=O) groups excluding carboxylic acids is 2. The molecule has 11 heteroatoms. The van der Waals surface area contributed by atoms with E-state index in [1.54, 1.807) is 24.7 Å². The van der Waals surface area contributed by atoms with E-state index in [0.29, 0.717) is 18.7 Å². The molecular formula is C30H37FIN7O2. The summed E-state index contributed by atoms with van der Waals surface area (Å²) in [5.41, 5.74) is 6.92. The predicted octanol–water partition coefficient (Wildman–Crippen LogP) is 4.83. The number of rotatable bonds is 5. The zero-order valence-electron chi connectivity index (χ0n) is 23.9. The van der Waals surface area contributed by atoms with Gasteiger partial charge in [-0.3, -0.25) is 19.0 Å². The average Bonchev–Trinajstić information content (AvgIpc) is 3.59. The molecule has 0 aliphatic carbocycles. The maximum Gasteiger partial charge on any atom is 0.219 e. The summed E-state index contributed by atoms with van der Waals surface area (Å²) in [5.74, 6) is 1.05. The largest absolute Gasteiger partial charge is 0.343 e. The van der Waals surface area contributed by atoms with Crippen LogP contribution in [-0.2, 0) is 36.0 Å². The van der Waals surface area contributed by atoms with Crippen LogP contribution in [0.5, 0.6) is 0 Å². The summed E-state index contributed by atoms with van der Waals surface area (Å²) < 4.78 is 22.3. The second kappa shape index (κ2) is 11.3. The molecule has 218 valence electrons. The van der Waals surface area contributed by atoms with Gasteiger partial charge >= 0.3 is 0 Å². The third-order valence-corrected chi connectivity index (χ3v) is 10.2. The van der Waals surface area contributed by atoms with Crippen LogP contribution in [0.15, 0.2) is 24.5 Å². The molecule has 1 saturated heterocycles. The molecule has 0 radical (unpaired) electrons. The van der Waals surface area contributed by atoms with Gasteiger partial charge < -0.3 is 14.7 Å². The standard InChI is InChI=1S/C30H37FIN7O2/c1-19(40)36-11-7-23(8-12-36)39-27-9-13-37(20(2)41)18-26(27)30(34-39)38-10-5-6-21-14-24(22-16-33-35(4)17-22)25(15-28(21)38)29(31)32-3/h14-17,23,29H,3,5-13,18H2,1-2,4H3. The molecule has 0 N–H and O–H groups in total. The van der Waals surface area contributed by atoms with Gasteiger partial charge in [0.15, 0.2) is 10.00 Å². The van der Waals surface area contributed by atoms with E-state index in [2.05, 4.69) is 25.3 Å². The van der Waals surface area contributed by atoms with Crippen LogP contribution in [0.1, 0.15) is 65.7 Å². The Morgan fingerprint density at radius 2 is 1.83 bits per heavy atom. The van der Waals surface area contributed by atoms with Gasteiger partial charge in [0.25, 0.3) is 0 Å². The van der Waals surface area contributed by atoms with E-state index in [1.165, 1.54) is 11.3 Å². The molecule has 2 amide bonds. The number of carbonyl (C=O) groups is 2. The molecule has 1 atom stereocenters. The van der Waals surface area contributed by atoms with Crippen molar-refractivity contribution in [3.63, 3.8) is 0 Å². The molecule has 6 rings (SSSR count). The van der Waals surface area contributed by atoms with Gasteiger partial charge in [-0.15, -0.1) is 0 Å². The van der Waals surface area contributed by atoms with E-state index in [1.807, 2.05) is 29.1 Å². The van der Waals surface area contributed by atoms with Crippen LogP contribution in [0.3, 0.4) is 0 Å². The Morgan fingerprint density at radius 3 is 2.49 bits per heavy atom. The van der Waals surface area contributed by atoms with Crippen molar-refractivity contribution in [2.75, 3.05) is 31.1 Å². The van der Waals surface area contributed by atoms with Crippen LogP contribution >= 0.6 is 20.7 Å². The number of anilines is 2. The summed E-state index contributed by atoms with van der Waals surface area (Å²) in [6.45, 7) is 6.68. The zero-order chi connectivity index (χ0) is 28.8. The van der Waals surface area contributed by atoms with Crippen LogP contribution < -0.4 is 4.90 Å². The number of alkyl halides is 2. The Bertz CT molecular complexity index is 1510. The van der Waals surface area contributed by atoms with E-state index in [9.17, 15) is 9.59 Å². The fourth-order valence-electron chi connectivity index (χ4n) is 6.58. The van der Waals surface area contributed by atoms with Gasteiger partial charge in [-0.05, 0) is 48.9 Å². The second-order valence-corrected chi connectivity index (χ2v) is 13.3. The van der Waals surface area contributed by atoms with E-state index in [-0.39, 0.29) is 17.9 Å². The number of benzene rings is 1. The number of likely N-dealkylation sites (tertiary alicyclic amines) is 1. The molecule has 3 aliphatic heterocycles. The summed E-state index contributed by atoms with van der Waals surface area (Å²) >= 11 is -0.910. The molecule has 9 nitrogen and oxygen atoms in total. The van der Waals surface area contributed by atoms with Crippen LogP contribution in [0.2, 0.25) is 0 Å². The maximum absolute atomic E-state index is 15.5. The maximum atomic E-state index is 15.5. The van der Waals surface area contributed by atoms with Gasteiger partial charge in [-0.1, -0.05) is 25.2 Å². The van der Waals surface area contributed by atoms with Crippen LogP contribution in [0.4, 0.5) is 15.9 Å². The lowest BCUT2D eigenvalue weighted by Gasteiger charge is -2.33. The fraction of sp³-hybridized carbons (Fsp3) is 0.500. The monoisotopic (exact) mass is 673 g/mol. The number of fused-ring (bicyclic) bond motifs is 2. The first kappa shape index (κ1) is 28.0. The highest BCUT2D eigenvalue weighted by Crippen LogP contribution is 2.45. The summed E-state index contributed by atoms with van der Waals surface area (Å²) in [7, 11) is 1.87. The Labute approximate surface area is 250 Å². The van der Waals surface area contributed by atoms with Gasteiger partial charge in [0.05, 0.1) is 18.8 Å². The second-order valence-electron chi connectivity index (χ2n) is 11.3.